The fraction of sp³-hybridized carbons (Fsp3) is 0.409. The van der Waals surface area contributed by atoms with Crippen molar-refractivity contribution in [2.45, 2.75) is 31.8 Å². The second-order valence-corrected chi connectivity index (χ2v) is 8.25. The molecule has 1 amide bonds. The van der Waals surface area contributed by atoms with Crippen LogP contribution >= 0.6 is 15.9 Å². The maximum atomic E-state index is 13.3. The van der Waals surface area contributed by atoms with Gasteiger partial charge in [0.2, 0.25) is 5.91 Å². The third kappa shape index (κ3) is 4.18. The molecule has 0 bridgehead atoms. The van der Waals surface area contributed by atoms with Crippen molar-refractivity contribution in [3.05, 3.63) is 58.1 Å². The normalized spacial score (nSPS) is 18.5. The average molecular weight is 445 g/mol. The highest BCUT2D eigenvalue weighted by molar-refractivity contribution is 9.10. The molecule has 6 heteroatoms. The number of nitrogens with zero attached hydrogens (tertiary/aromatic N) is 1. The summed E-state index contributed by atoms with van der Waals surface area (Å²) in [6.07, 6.45) is 2.27. The molecule has 0 saturated carbocycles. The number of likely N-dealkylation sites (tertiary alicyclic amines) is 1. The summed E-state index contributed by atoms with van der Waals surface area (Å²) in [7, 11) is 0. The van der Waals surface area contributed by atoms with Gasteiger partial charge in [-0.3, -0.25) is 9.69 Å². The number of hydrogen-bond acceptors (Lipinski definition) is 4. The lowest BCUT2D eigenvalue weighted by Gasteiger charge is -2.29. The molecule has 1 fully saturated rings. The predicted molar refractivity (Wildman–Crippen MR) is 112 cm³/mol. The van der Waals surface area contributed by atoms with Gasteiger partial charge in [-0.25, -0.2) is 0 Å². The number of carbonyl (C=O) groups excluding carboxylic acids is 1. The third-order valence-corrected chi connectivity index (χ3v) is 5.84. The number of halogens is 1. The highest BCUT2D eigenvalue weighted by atomic mass is 79.9. The summed E-state index contributed by atoms with van der Waals surface area (Å²) in [5.74, 6) is 1.54. The molecule has 0 aliphatic carbocycles. The predicted octanol–water partition coefficient (Wildman–Crippen LogP) is 4.23. The topological polar surface area (TPSA) is 50.8 Å². The first-order valence-corrected chi connectivity index (χ1v) is 10.6. The van der Waals surface area contributed by atoms with E-state index in [9.17, 15) is 4.79 Å². The van der Waals surface area contributed by atoms with Crippen molar-refractivity contribution in [3.8, 4) is 11.5 Å². The summed E-state index contributed by atoms with van der Waals surface area (Å²) < 4.78 is 12.3. The van der Waals surface area contributed by atoms with Crippen molar-refractivity contribution in [2.24, 2.45) is 0 Å². The molecule has 148 valence electrons. The monoisotopic (exact) mass is 444 g/mol. The van der Waals surface area contributed by atoms with E-state index in [4.69, 9.17) is 9.47 Å². The lowest BCUT2D eigenvalue weighted by molar-refractivity contribution is -0.127. The molecule has 2 aromatic rings. The molecule has 2 heterocycles. The number of benzene rings is 2. The molecule has 5 nitrogen and oxygen atoms in total. The van der Waals surface area contributed by atoms with E-state index in [1.807, 2.05) is 49.4 Å². The van der Waals surface area contributed by atoms with Crippen LogP contribution in [0.1, 0.15) is 43.0 Å². The van der Waals surface area contributed by atoms with Gasteiger partial charge in [0.25, 0.3) is 0 Å². The fourth-order valence-electron chi connectivity index (χ4n) is 3.91. The zero-order valence-electron chi connectivity index (χ0n) is 16.0. The van der Waals surface area contributed by atoms with E-state index in [0.29, 0.717) is 13.2 Å². The molecule has 4 rings (SSSR count). The van der Waals surface area contributed by atoms with Crippen LogP contribution < -0.4 is 14.8 Å². The van der Waals surface area contributed by atoms with Crippen molar-refractivity contribution in [1.82, 2.24) is 10.2 Å². The Morgan fingerprint density at radius 3 is 2.54 bits per heavy atom. The van der Waals surface area contributed by atoms with E-state index < -0.39 is 0 Å². The summed E-state index contributed by atoms with van der Waals surface area (Å²) in [6, 6.07) is 13.5. The number of nitrogens with one attached hydrogen (secondary N) is 1. The minimum atomic E-state index is -0.278. The Morgan fingerprint density at radius 2 is 1.79 bits per heavy atom. The van der Waals surface area contributed by atoms with E-state index in [1.165, 1.54) is 0 Å². The standard InChI is InChI=1S/C22H25BrN2O3/c1-15(16-7-8-19-20(14-16)28-12-11-27-19)24-22(26)21(25-9-2-3-10-25)17-5-4-6-18(23)13-17/h4-8,13-15,21H,2-3,9-12H2,1H3,(H,24,26)/t15-,21+/m0/s1. The van der Waals surface area contributed by atoms with Gasteiger partial charge >= 0.3 is 0 Å². The SMILES string of the molecule is C[C@H](NC(=O)[C@@H](c1cccc(Br)c1)N1CCCC1)c1ccc2c(c1)OCCO2. The summed E-state index contributed by atoms with van der Waals surface area (Å²) in [5, 5.41) is 3.21. The number of hydrogen-bond donors (Lipinski definition) is 1. The number of amides is 1. The zero-order chi connectivity index (χ0) is 19.5. The molecule has 0 radical (unpaired) electrons. The zero-order valence-corrected chi connectivity index (χ0v) is 17.6. The van der Waals surface area contributed by atoms with Crippen molar-refractivity contribution in [3.63, 3.8) is 0 Å². The van der Waals surface area contributed by atoms with Gasteiger partial charge < -0.3 is 14.8 Å². The van der Waals surface area contributed by atoms with Crippen LogP contribution in [0, 0.1) is 0 Å². The molecular weight excluding hydrogens is 420 g/mol. The molecule has 2 atom stereocenters. The van der Waals surface area contributed by atoms with Crippen LogP contribution in [-0.4, -0.2) is 37.1 Å². The van der Waals surface area contributed by atoms with Crippen molar-refractivity contribution in [1.29, 1.82) is 0 Å². The van der Waals surface area contributed by atoms with Crippen LogP contribution in [0.15, 0.2) is 46.9 Å². The Hall–Kier alpha value is -2.05. The smallest absolute Gasteiger partial charge is 0.242 e. The molecule has 2 aliphatic rings. The Bertz CT molecular complexity index is 851. The van der Waals surface area contributed by atoms with E-state index in [-0.39, 0.29) is 18.0 Å². The molecule has 0 spiro atoms. The first kappa shape index (κ1) is 19.3. The lowest BCUT2D eigenvalue weighted by Crippen LogP contribution is -2.40. The first-order valence-electron chi connectivity index (χ1n) is 9.81. The van der Waals surface area contributed by atoms with E-state index in [2.05, 4.69) is 26.1 Å². The average Bonchev–Trinajstić information content (AvgIpc) is 3.22. The molecule has 0 aromatic heterocycles. The third-order valence-electron chi connectivity index (χ3n) is 5.34. The Morgan fingerprint density at radius 1 is 1.04 bits per heavy atom. The molecular formula is C22H25BrN2O3. The summed E-state index contributed by atoms with van der Waals surface area (Å²) in [5.41, 5.74) is 2.02. The van der Waals surface area contributed by atoms with Crippen LogP contribution in [0.4, 0.5) is 0 Å². The van der Waals surface area contributed by atoms with Gasteiger partial charge in [0.05, 0.1) is 6.04 Å². The van der Waals surface area contributed by atoms with Crippen molar-refractivity contribution >= 4 is 21.8 Å². The van der Waals surface area contributed by atoms with E-state index >= 15 is 0 Å². The van der Waals surface area contributed by atoms with Gasteiger partial charge in [-0.15, -0.1) is 0 Å². The highest BCUT2D eigenvalue weighted by Gasteiger charge is 2.30. The molecule has 1 N–H and O–H groups in total. The van der Waals surface area contributed by atoms with Crippen LogP contribution in [0.5, 0.6) is 11.5 Å². The van der Waals surface area contributed by atoms with Crippen molar-refractivity contribution in [2.75, 3.05) is 26.3 Å². The van der Waals surface area contributed by atoms with Gasteiger partial charge in [-0.05, 0) is 68.2 Å². The van der Waals surface area contributed by atoms with E-state index in [1.54, 1.807) is 0 Å². The number of ether oxygens (including phenoxy) is 2. The largest absolute Gasteiger partial charge is 0.486 e. The van der Waals surface area contributed by atoms with Gasteiger partial charge in [0.15, 0.2) is 11.5 Å². The second-order valence-electron chi connectivity index (χ2n) is 7.33. The van der Waals surface area contributed by atoms with Crippen LogP contribution in [0.3, 0.4) is 0 Å². The molecule has 2 aromatic carbocycles. The number of fused-ring (bicyclic) bond motifs is 1. The maximum Gasteiger partial charge on any atom is 0.242 e. The lowest BCUT2D eigenvalue weighted by atomic mass is 10.0. The van der Waals surface area contributed by atoms with Crippen LogP contribution in [0.25, 0.3) is 0 Å². The van der Waals surface area contributed by atoms with Gasteiger partial charge in [0, 0.05) is 4.47 Å². The molecule has 2 aliphatic heterocycles. The Labute approximate surface area is 174 Å². The van der Waals surface area contributed by atoms with Crippen LogP contribution in [0.2, 0.25) is 0 Å². The van der Waals surface area contributed by atoms with Crippen LogP contribution in [-0.2, 0) is 4.79 Å². The molecule has 28 heavy (non-hydrogen) atoms. The Balaban J connectivity index is 1.53. The molecule has 0 unspecified atom stereocenters. The minimum absolute atomic E-state index is 0.0300. The Kier molecular flexibility index (Phi) is 5.87. The fourth-order valence-corrected chi connectivity index (χ4v) is 4.33. The summed E-state index contributed by atoms with van der Waals surface area (Å²) in [4.78, 5) is 15.6. The summed E-state index contributed by atoms with van der Waals surface area (Å²) in [6.45, 7) is 5.02. The second kappa shape index (κ2) is 8.53. The maximum absolute atomic E-state index is 13.3. The van der Waals surface area contributed by atoms with E-state index in [0.717, 1.165) is 53.0 Å². The number of carbonyl (C=O) groups is 1. The summed E-state index contributed by atoms with van der Waals surface area (Å²) >= 11 is 3.53. The van der Waals surface area contributed by atoms with Gasteiger partial charge in [-0.1, -0.05) is 34.1 Å². The first-order chi connectivity index (χ1) is 13.6. The number of rotatable bonds is 5. The van der Waals surface area contributed by atoms with Gasteiger partial charge in [-0.2, -0.15) is 0 Å². The van der Waals surface area contributed by atoms with Gasteiger partial charge in [0.1, 0.15) is 19.3 Å². The molecule has 1 saturated heterocycles. The minimum Gasteiger partial charge on any atom is -0.486 e. The quantitative estimate of drug-likeness (QED) is 0.749. The van der Waals surface area contributed by atoms with Crippen molar-refractivity contribution < 1.29 is 14.3 Å². The highest BCUT2D eigenvalue weighted by Crippen LogP contribution is 2.33.